The molecule has 10 nitrogen and oxygen atoms in total. The molecule has 242 valence electrons. The number of carbonyl (C=O) groups excluding carboxylic acids is 3. The molecule has 1 unspecified atom stereocenters. The summed E-state index contributed by atoms with van der Waals surface area (Å²) in [5.41, 5.74) is 1.48. The summed E-state index contributed by atoms with van der Waals surface area (Å²) in [6.45, 7) is 6.38. The van der Waals surface area contributed by atoms with E-state index >= 15 is 4.39 Å². The SMILES string of the molecule is CC(=O)c1cn(CC(=O)N2C3C[C@]3(C)C[C@H]2C(=O)Nc2nc(C(F)(F)F)ccc2C)c2cc(F)c(-c3cnc4cc(C)nn4c3)cc12. The fraction of sp³-hybridized carbons (Fsp3) is 0.333. The van der Waals surface area contributed by atoms with Gasteiger partial charge in [-0.25, -0.2) is 18.9 Å². The zero-order valence-electron chi connectivity index (χ0n) is 25.8. The second-order valence-corrected chi connectivity index (χ2v) is 12.8. The van der Waals surface area contributed by atoms with Gasteiger partial charge in [0, 0.05) is 52.8 Å². The molecule has 4 aromatic heterocycles. The van der Waals surface area contributed by atoms with Crippen molar-refractivity contribution in [3.8, 4) is 11.1 Å². The molecule has 1 saturated heterocycles. The van der Waals surface area contributed by atoms with Crippen LogP contribution in [0.2, 0.25) is 0 Å². The fourth-order valence-corrected chi connectivity index (χ4v) is 6.68. The second-order valence-electron chi connectivity index (χ2n) is 12.8. The zero-order valence-corrected chi connectivity index (χ0v) is 25.8. The number of fused-ring (bicyclic) bond motifs is 3. The first kappa shape index (κ1) is 30.5. The maximum Gasteiger partial charge on any atom is 0.433 e. The van der Waals surface area contributed by atoms with Gasteiger partial charge in [-0.2, -0.15) is 18.3 Å². The molecule has 1 aliphatic carbocycles. The number of likely N-dealkylation sites (tertiary alicyclic amines) is 1. The largest absolute Gasteiger partial charge is 0.433 e. The minimum absolute atomic E-state index is 0.204. The Balaban J connectivity index is 1.19. The summed E-state index contributed by atoms with van der Waals surface area (Å²) in [4.78, 5) is 49.5. The molecule has 14 heteroatoms. The van der Waals surface area contributed by atoms with E-state index in [2.05, 4.69) is 20.4 Å². The first-order chi connectivity index (χ1) is 22.1. The number of alkyl halides is 3. The highest BCUT2D eigenvalue weighted by Crippen LogP contribution is 2.59. The molecule has 7 rings (SSSR count). The van der Waals surface area contributed by atoms with Gasteiger partial charge >= 0.3 is 6.18 Å². The number of halogens is 4. The van der Waals surface area contributed by atoms with Crippen LogP contribution in [0.15, 0.2) is 48.9 Å². The Labute approximate surface area is 265 Å². The van der Waals surface area contributed by atoms with Crippen molar-refractivity contribution in [2.24, 2.45) is 5.41 Å². The van der Waals surface area contributed by atoms with E-state index in [9.17, 15) is 27.6 Å². The minimum Gasteiger partial charge on any atom is -0.337 e. The summed E-state index contributed by atoms with van der Waals surface area (Å²) < 4.78 is 58.6. The second kappa shape index (κ2) is 10.4. The summed E-state index contributed by atoms with van der Waals surface area (Å²) >= 11 is 0. The van der Waals surface area contributed by atoms with Crippen LogP contribution in [0.4, 0.5) is 23.4 Å². The predicted octanol–water partition coefficient (Wildman–Crippen LogP) is 5.74. The van der Waals surface area contributed by atoms with Crippen molar-refractivity contribution >= 4 is 40.0 Å². The number of rotatable bonds is 6. The lowest BCUT2D eigenvalue weighted by molar-refractivity contribution is -0.141. The molecular weight excluding hydrogens is 618 g/mol. The third-order valence-corrected chi connectivity index (χ3v) is 9.26. The Bertz CT molecular complexity index is 2150. The lowest BCUT2D eigenvalue weighted by atomic mass is 10.0. The first-order valence-corrected chi connectivity index (χ1v) is 15.0. The minimum atomic E-state index is -4.69. The van der Waals surface area contributed by atoms with E-state index in [1.54, 1.807) is 22.8 Å². The summed E-state index contributed by atoms with van der Waals surface area (Å²) in [7, 11) is 0. The van der Waals surface area contributed by atoms with E-state index in [4.69, 9.17) is 0 Å². The number of piperidine rings is 1. The smallest absolute Gasteiger partial charge is 0.337 e. The number of nitrogens with zero attached hydrogens (tertiary/aromatic N) is 6. The number of benzene rings is 1. The van der Waals surface area contributed by atoms with Gasteiger partial charge in [-0.05, 0) is 62.8 Å². The molecule has 1 N–H and O–H groups in total. The van der Waals surface area contributed by atoms with Crippen LogP contribution in [-0.4, -0.2) is 58.7 Å². The van der Waals surface area contributed by atoms with E-state index in [0.29, 0.717) is 40.5 Å². The Morgan fingerprint density at radius 3 is 2.57 bits per heavy atom. The van der Waals surface area contributed by atoms with Crippen molar-refractivity contribution in [3.63, 3.8) is 0 Å². The van der Waals surface area contributed by atoms with Gasteiger partial charge < -0.3 is 14.8 Å². The molecular formula is C33H29F4N7O3. The standard InChI is InChI=1S/C33H29F4N7O3/c1-16-5-6-26(33(35,36)37)39-30(16)40-31(47)25-10-32(4)11-27(32)44(25)29(46)15-42-14-22(18(3)45)21-8-20(23(34)9-24(21)42)19-12-38-28-7-17(2)41-43(28)13-19/h5-9,12-14,25,27H,10-11,15H2,1-4H3,(H,39,40,47)/t25-,27?,32-/m0/s1. The molecule has 0 bridgehead atoms. The topological polar surface area (TPSA) is 114 Å². The summed E-state index contributed by atoms with van der Waals surface area (Å²) in [5.74, 6) is -2.19. The number of carbonyl (C=O) groups is 3. The van der Waals surface area contributed by atoms with Gasteiger partial charge in [-0.3, -0.25) is 14.4 Å². The molecule has 2 amide bonds. The number of hydrogen-bond donors (Lipinski definition) is 1. The Kier molecular flexibility index (Phi) is 6.78. The number of nitrogens with one attached hydrogen (secondary N) is 1. The highest BCUT2D eigenvalue weighted by atomic mass is 19.4. The third kappa shape index (κ3) is 5.21. The molecule has 1 saturated carbocycles. The highest BCUT2D eigenvalue weighted by Gasteiger charge is 2.64. The number of anilines is 1. The number of pyridine rings is 1. The molecule has 5 aromatic rings. The van der Waals surface area contributed by atoms with Crippen LogP contribution in [-0.2, 0) is 22.3 Å². The van der Waals surface area contributed by atoms with Crippen LogP contribution in [0.25, 0.3) is 27.7 Å². The summed E-state index contributed by atoms with van der Waals surface area (Å²) in [5, 5.41) is 7.29. The van der Waals surface area contributed by atoms with Gasteiger partial charge in [-0.1, -0.05) is 13.0 Å². The maximum absolute atomic E-state index is 15.7. The number of hydrogen-bond acceptors (Lipinski definition) is 6. The van der Waals surface area contributed by atoms with E-state index in [-0.39, 0.29) is 40.7 Å². The van der Waals surface area contributed by atoms with Crippen molar-refractivity contribution in [2.75, 3.05) is 5.32 Å². The predicted molar refractivity (Wildman–Crippen MR) is 163 cm³/mol. The van der Waals surface area contributed by atoms with Crippen LogP contribution in [0.3, 0.4) is 0 Å². The summed E-state index contributed by atoms with van der Waals surface area (Å²) in [6.07, 6.45) is 0.968. The molecule has 2 fully saturated rings. The van der Waals surface area contributed by atoms with Gasteiger partial charge in [0.05, 0.1) is 11.2 Å². The summed E-state index contributed by atoms with van der Waals surface area (Å²) in [6, 6.07) is 5.47. The van der Waals surface area contributed by atoms with Crippen LogP contribution in [0.5, 0.6) is 0 Å². The molecule has 0 radical (unpaired) electrons. The van der Waals surface area contributed by atoms with E-state index in [1.807, 2.05) is 13.8 Å². The fourth-order valence-electron chi connectivity index (χ4n) is 6.68. The van der Waals surface area contributed by atoms with Crippen molar-refractivity contribution in [2.45, 2.75) is 65.3 Å². The quantitative estimate of drug-likeness (QED) is 0.186. The van der Waals surface area contributed by atoms with Crippen molar-refractivity contribution in [1.29, 1.82) is 0 Å². The molecule has 5 heterocycles. The van der Waals surface area contributed by atoms with Crippen molar-refractivity contribution in [1.82, 2.24) is 29.0 Å². The number of amides is 2. The lowest BCUT2D eigenvalue weighted by Gasteiger charge is -2.27. The van der Waals surface area contributed by atoms with Crippen LogP contribution in [0.1, 0.15) is 54.0 Å². The maximum atomic E-state index is 15.7. The van der Waals surface area contributed by atoms with Gasteiger partial charge in [0.2, 0.25) is 11.8 Å². The average Bonchev–Trinajstić information content (AvgIpc) is 3.25. The number of Topliss-reactive ketones (excluding diaryl/α,β-unsaturated/α-hetero) is 1. The van der Waals surface area contributed by atoms with E-state index in [0.717, 1.165) is 11.8 Å². The highest BCUT2D eigenvalue weighted by molar-refractivity contribution is 6.08. The molecule has 3 atom stereocenters. The van der Waals surface area contributed by atoms with Crippen molar-refractivity contribution < 1.29 is 31.9 Å². The van der Waals surface area contributed by atoms with Gasteiger partial charge in [0.25, 0.3) is 0 Å². The normalized spacial score (nSPS) is 20.6. The van der Waals surface area contributed by atoms with Gasteiger partial charge in [0.1, 0.15) is 29.9 Å². The van der Waals surface area contributed by atoms with E-state index in [1.165, 1.54) is 47.8 Å². The molecule has 2 aliphatic rings. The number of ketones is 1. The van der Waals surface area contributed by atoms with Gasteiger partial charge in [0.15, 0.2) is 11.4 Å². The van der Waals surface area contributed by atoms with Gasteiger partial charge in [-0.15, -0.1) is 0 Å². The monoisotopic (exact) mass is 647 g/mol. The zero-order chi connectivity index (χ0) is 33.6. The van der Waals surface area contributed by atoms with Crippen molar-refractivity contribution in [3.05, 3.63) is 77.3 Å². The Morgan fingerprint density at radius 1 is 1.09 bits per heavy atom. The number of aryl methyl sites for hydroxylation is 2. The molecule has 1 aromatic carbocycles. The average molecular weight is 648 g/mol. The molecule has 47 heavy (non-hydrogen) atoms. The Morgan fingerprint density at radius 2 is 1.85 bits per heavy atom. The van der Waals surface area contributed by atoms with Crippen LogP contribution >= 0.6 is 0 Å². The van der Waals surface area contributed by atoms with Crippen LogP contribution in [0, 0.1) is 25.1 Å². The number of aromatic nitrogens is 5. The molecule has 1 aliphatic heterocycles. The molecule has 0 spiro atoms. The van der Waals surface area contributed by atoms with Crippen LogP contribution < -0.4 is 5.32 Å². The third-order valence-electron chi connectivity index (χ3n) is 9.26. The lowest BCUT2D eigenvalue weighted by Crippen LogP contribution is -2.46. The first-order valence-electron chi connectivity index (χ1n) is 15.0. The Hall–Kier alpha value is -5.14. The van der Waals surface area contributed by atoms with E-state index < -0.39 is 35.5 Å².